The van der Waals surface area contributed by atoms with E-state index in [1.165, 1.54) is 22.3 Å². The van der Waals surface area contributed by atoms with Crippen LogP contribution in [0.5, 0.6) is 5.75 Å². The molecule has 2 nitrogen and oxygen atoms in total. The lowest BCUT2D eigenvalue weighted by Crippen LogP contribution is -2.03. The highest BCUT2D eigenvalue weighted by Crippen LogP contribution is 2.22. The molecule has 0 unspecified atom stereocenters. The molecule has 0 aliphatic rings. The molecule has 0 radical (unpaired) electrons. The molecule has 0 atom stereocenters. The first-order chi connectivity index (χ1) is 9.60. The minimum Gasteiger partial charge on any atom is -0.494 e. The summed E-state index contributed by atoms with van der Waals surface area (Å²) in [6, 6.07) is 12.8. The molecule has 0 bridgehead atoms. The maximum Gasteiger partial charge on any atom is 0.119 e. The summed E-state index contributed by atoms with van der Waals surface area (Å²) in [5.41, 5.74) is 6.34. The molecule has 0 spiro atoms. The van der Waals surface area contributed by atoms with Gasteiger partial charge in [-0.2, -0.15) is 0 Å². The second kappa shape index (κ2) is 6.47. The predicted molar refractivity (Wildman–Crippen MR) is 85.6 cm³/mol. The van der Waals surface area contributed by atoms with Crippen molar-refractivity contribution in [1.82, 2.24) is 0 Å². The van der Waals surface area contributed by atoms with E-state index in [0.717, 1.165) is 18.0 Å². The summed E-state index contributed by atoms with van der Waals surface area (Å²) in [5, 5.41) is 3.51. The topological polar surface area (TPSA) is 21.3 Å². The molecular formula is C18H23NO. The first kappa shape index (κ1) is 14.4. The largest absolute Gasteiger partial charge is 0.494 e. The normalized spacial score (nSPS) is 10.4. The molecule has 0 aliphatic carbocycles. The first-order valence-corrected chi connectivity index (χ1v) is 7.13. The summed E-state index contributed by atoms with van der Waals surface area (Å²) < 4.78 is 5.51. The third-order valence-corrected chi connectivity index (χ3v) is 3.48. The average Bonchev–Trinajstić information content (AvgIpc) is 2.42. The van der Waals surface area contributed by atoms with Crippen LogP contribution in [-0.4, -0.2) is 6.61 Å². The molecule has 2 rings (SSSR count). The van der Waals surface area contributed by atoms with Crippen LogP contribution in [0.4, 0.5) is 5.69 Å². The molecule has 0 aliphatic heterocycles. The van der Waals surface area contributed by atoms with Crippen molar-refractivity contribution in [2.75, 3.05) is 11.9 Å². The van der Waals surface area contributed by atoms with Crippen molar-refractivity contribution >= 4 is 5.69 Å². The maximum absolute atomic E-state index is 5.51. The van der Waals surface area contributed by atoms with E-state index in [-0.39, 0.29) is 0 Å². The van der Waals surface area contributed by atoms with Crippen molar-refractivity contribution in [1.29, 1.82) is 0 Å². The molecule has 2 heteroatoms. The number of aryl methyl sites for hydroxylation is 3. The second-order valence-electron chi connectivity index (χ2n) is 5.19. The molecule has 106 valence electrons. The standard InChI is InChI=1S/C18H23NO/c1-5-20-17-8-9-18(15(4)11-17)19-12-16-10-13(2)6-7-14(16)3/h6-11,19H,5,12H2,1-4H3. The van der Waals surface area contributed by atoms with Gasteiger partial charge in [0.2, 0.25) is 0 Å². The molecule has 1 N–H and O–H groups in total. The van der Waals surface area contributed by atoms with Crippen molar-refractivity contribution in [3.05, 3.63) is 58.7 Å². The summed E-state index contributed by atoms with van der Waals surface area (Å²) in [6.07, 6.45) is 0. The summed E-state index contributed by atoms with van der Waals surface area (Å²) in [4.78, 5) is 0. The van der Waals surface area contributed by atoms with E-state index in [0.29, 0.717) is 6.61 Å². The highest BCUT2D eigenvalue weighted by molar-refractivity contribution is 5.54. The molecule has 0 aromatic heterocycles. The van der Waals surface area contributed by atoms with Crippen LogP contribution < -0.4 is 10.1 Å². The van der Waals surface area contributed by atoms with E-state index in [4.69, 9.17) is 4.74 Å². The fourth-order valence-electron chi connectivity index (χ4n) is 2.27. The third-order valence-electron chi connectivity index (χ3n) is 3.48. The molecule has 2 aromatic carbocycles. The fraction of sp³-hybridized carbons (Fsp3) is 0.333. The average molecular weight is 269 g/mol. The number of hydrogen-bond donors (Lipinski definition) is 1. The Morgan fingerprint density at radius 2 is 1.75 bits per heavy atom. The Hall–Kier alpha value is -1.96. The molecule has 20 heavy (non-hydrogen) atoms. The number of hydrogen-bond acceptors (Lipinski definition) is 2. The monoisotopic (exact) mass is 269 g/mol. The Bertz CT molecular complexity index is 590. The molecule has 0 amide bonds. The number of ether oxygens (including phenoxy) is 1. The highest BCUT2D eigenvalue weighted by atomic mass is 16.5. The van der Waals surface area contributed by atoms with E-state index in [9.17, 15) is 0 Å². The van der Waals surface area contributed by atoms with Crippen molar-refractivity contribution in [3.63, 3.8) is 0 Å². The first-order valence-electron chi connectivity index (χ1n) is 7.13. The Labute approximate surface area is 121 Å². The maximum atomic E-state index is 5.51. The lowest BCUT2D eigenvalue weighted by molar-refractivity contribution is 0.340. The van der Waals surface area contributed by atoms with Crippen molar-refractivity contribution in [2.45, 2.75) is 34.2 Å². The Kier molecular flexibility index (Phi) is 4.67. The summed E-state index contributed by atoms with van der Waals surface area (Å²) in [5.74, 6) is 0.933. The van der Waals surface area contributed by atoms with Gasteiger partial charge in [-0.15, -0.1) is 0 Å². The molecular weight excluding hydrogens is 246 g/mol. The SMILES string of the molecule is CCOc1ccc(NCc2cc(C)ccc2C)c(C)c1. The van der Waals surface area contributed by atoms with Gasteiger partial charge in [0.05, 0.1) is 6.61 Å². The molecule has 0 saturated heterocycles. The highest BCUT2D eigenvalue weighted by Gasteiger charge is 2.03. The predicted octanol–water partition coefficient (Wildman–Crippen LogP) is 4.62. The number of benzene rings is 2. The summed E-state index contributed by atoms with van der Waals surface area (Å²) in [7, 11) is 0. The van der Waals surface area contributed by atoms with Crippen LogP contribution in [0.1, 0.15) is 29.2 Å². The molecule has 2 aromatic rings. The Morgan fingerprint density at radius 3 is 2.45 bits per heavy atom. The van der Waals surface area contributed by atoms with Crippen LogP contribution in [0, 0.1) is 20.8 Å². The van der Waals surface area contributed by atoms with Gasteiger partial charge in [-0.1, -0.05) is 23.8 Å². The van der Waals surface area contributed by atoms with Crippen LogP contribution in [0.2, 0.25) is 0 Å². The van der Waals surface area contributed by atoms with E-state index in [1.807, 2.05) is 13.0 Å². The van der Waals surface area contributed by atoms with E-state index < -0.39 is 0 Å². The number of rotatable bonds is 5. The van der Waals surface area contributed by atoms with Crippen molar-refractivity contribution in [3.8, 4) is 5.75 Å². The van der Waals surface area contributed by atoms with Crippen LogP contribution in [-0.2, 0) is 6.54 Å². The fourth-order valence-corrected chi connectivity index (χ4v) is 2.27. The Morgan fingerprint density at radius 1 is 0.950 bits per heavy atom. The zero-order chi connectivity index (χ0) is 14.5. The minimum absolute atomic E-state index is 0.703. The van der Waals surface area contributed by atoms with Gasteiger partial charge < -0.3 is 10.1 Å². The lowest BCUT2D eigenvalue weighted by Gasteiger charge is -2.13. The van der Waals surface area contributed by atoms with Gasteiger partial charge in [-0.3, -0.25) is 0 Å². The lowest BCUT2D eigenvalue weighted by atomic mass is 10.1. The van der Waals surface area contributed by atoms with E-state index >= 15 is 0 Å². The van der Waals surface area contributed by atoms with Crippen molar-refractivity contribution in [2.24, 2.45) is 0 Å². The molecule has 0 heterocycles. The quantitative estimate of drug-likeness (QED) is 0.855. The van der Waals surface area contributed by atoms with Crippen LogP contribution in [0.3, 0.4) is 0 Å². The minimum atomic E-state index is 0.703. The summed E-state index contributed by atoms with van der Waals surface area (Å²) >= 11 is 0. The van der Waals surface area contributed by atoms with Gasteiger partial charge in [0.15, 0.2) is 0 Å². The molecule has 0 fully saturated rings. The van der Waals surface area contributed by atoms with E-state index in [2.05, 4.69) is 56.4 Å². The summed E-state index contributed by atoms with van der Waals surface area (Å²) in [6.45, 7) is 9.94. The zero-order valence-corrected chi connectivity index (χ0v) is 12.8. The van der Waals surface area contributed by atoms with Crippen LogP contribution >= 0.6 is 0 Å². The van der Waals surface area contributed by atoms with E-state index in [1.54, 1.807) is 0 Å². The molecule has 0 saturated carbocycles. The van der Waals surface area contributed by atoms with Crippen molar-refractivity contribution < 1.29 is 4.74 Å². The Balaban J connectivity index is 2.09. The number of nitrogens with one attached hydrogen (secondary N) is 1. The van der Waals surface area contributed by atoms with Gasteiger partial charge in [0.1, 0.15) is 5.75 Å². The second-order valence-corrected chi connectivity index (χ2v) is 5.19. The zero-order valence-electron chi connectivity index (χ0n) is 12.8. The van der Waals surface area contributed by atoms with Gasteiger partial charge in [-0.25, -0.2) is 0 Å². The van der Waals surface area contributed by atoms with Gasteiger partial charge in [0, 0.05) is 12.2 Å². The third kappa shape index (κ3) is 3.53. The van der Waals surface area contributed by atoms with Crippen LogP contribution in [0.25, 0.3) is 0 Å². The van der Waals surface area contributed by atoms with Crippen LogP contribution in [0.15, 0.2) is 36.4 Å². The van der Waals surface area contributed by atoms with Gasteiger partial charge in [0.25, 0.3) is 0 Å². The number of anilines is 1. The van der Waals surface area contributed by atoms with Gasteiger partial charge >= 0.3 is 0 Å². The van der Waals surface area contributed by atoms with Gasteiger partial charge in [-0.05, 0) is 62.6 Å². The smallest absolute Gasteiger partial charge is 0.119 e.